The second-order valence-corrected chi connectivity index (χ2v) is 6.21. The lowest BCUT2D eigenvalue weighted by molar-refractivity contribution is -0.141. The minimum absolute atomic E-state index is 0.291. The Morgan fingerprint density at radius 2 is 2.14 bits per heavy atom. The van der Waals surface area contributed by atoms with Gasteiger partial charge in [-0.2, -0.15) is 0 Å². The molecule has 1 aromatic heterocycles. The van der Waals surface area contributed by atoms with Crippen LogP contribution in [0.2, 0.25) is 0 Å². The molecule has 2 heterocycles. The Balaban J connectivity index is 1.86. The summed E-state index contributed by atoms with van der Waals surface area (Å²) >= 11 is 1.41. The van der Waals surface area contributed by atoms with Gasteiger partial charge in [0.15, 0.2) is 0 Å². The first-order valence-electron chi connectivity index (χ1n) is 7.13. The first kappa shape index (κ1) is 14.7. The van der Waals surface area contributed by atoms with E-state index in [1.54, 1.807) is 5.38 Å². The van der Waals surface area contributed by atoms with Crippen molar-refractivity contribution in [2.45, 2.75) is 25.8 Å². The third-order valence-electron chi connectivity index (χ3n) is 3.90. The predicted octanol–water partition coefficient (Wildman–Crippen LogP) is 2.81. The van der Waals surface area contributed by atoms with Crippen LogP contribution in [0.5, 0.6) is 0 Å². The topological polar surface area (TPSA) is 70.5 Å². The molecule has 1 aliphatic heterocycles. The van der Waals surface area contributed by atoms with Gasteiger partial charge >= 0.3 is 5.97 Å². The van der Waals surface area contributed by atoms with Gasteiger partial charge < -0.3 is 10.0 Å². The van der Waals surface area contributed by atoms with Crippen LogP contribution in [-0.2, 0) is 4.79 Å². The van der Waals surface area contributed by atoms with Crippen molar-refractivity contribution >= 4 is 23.2 Å². The molecule has 0 saturated carbocycles. The Labute approximate surface area is 132 Å². The molecule has 5 nitrogen and oxygen atoms in total. The fraction of sp³-hybridized carbons (Fsp3) is 0.312. The average molecular weight is 316 g/mol. The van der Waals surface area contributed by atoms with Crippen molar-refractivity contribution in [2.75, 3.05) is 6.54 Å². The number of aromatic nitrogens is 1. The third kappa shape index (κ3) is 2.62. The fourth-order valence-electron chi connectivity index (χ4n) is 2.72. The standard InChI is InChI=1S/C16H16N2O3S/c1-10-5-2-3-6-11(10)14-17-12(9-22-14)15(19)18-8-4-7-13(18)16(20)21/h2-3,5-6,9,13H,4,7-8H2,1H3,(H,20,21)/t13-/m1/s1. The van der Waals surface area contributed by atoms with Crippen LogP contribution in [0, 0.1) is 6.92 Å². The highest BCUT2D eigenvalue weighted by Crippen LogP contribution is 2.28. The number of rotatable bonds is 3. The number of aryl methyl sites for hydroxylation is 1. The predicted molar refractivity (Wildman–Crippen MR) is 84.0 cm³/mol. The fourth-order valence-corrected chi connectivity index (χ4v) is 3.61. The molecule has 1 aromatic carbocycles. The maximum Gasteiger partial charge on any atom is 0.326 e. The van der Waals surface area contributed by atoms with Crippen LogP contribution in [0.3, 0.4) is 0 Å². The zero-order valence-corrected chi connectivity index (χ0v) is 13.0. The Morgan fingerprint density at radius 1 is 1.36 bits per heavy atom. The molecule has 3 rings (SSSR count). The molecule has 1 aliphatic rings. The molecule has 1 atom stereocenters. The molecular weight excluding hydrogens is 300 g/mol. The zero-order valence-electron chi connectivity index (χ0n) is 12.2. The number of thiazole rings is 1. The van der Waals surface area contributed by atoms with Crippen molar-refractivity contribution in [1.82, 2.24) is 9.88 Å². The summed E-state index contributed by atoms with van der Waals surface area (Å²) in [5.41, 5.74) is 2.43. The van der Waals surface area contributed by atoms with Crippen LogP contribution in [0.25, 0.3) is 10.6 Å². The molecular formula is C16H16N2O3S. The summed E-state index contributed by atoms with van der Waals surface area (Å²) in [6, 6.07) is 7.14. The summed E-state index contributed by atoms with van der Waals surface area (Å²) in [5.74, 6) is -1.24. The van der Waals surface area contributed by atoms with Gasteiger partial charge in [0.1, 0.15) is 16.7 Å². The lowest BCUT2D eigenvalue weighted by Gasteiger charge is -2.20. The van der Waals surface area contributed by atoms with E-state index >= 15 is 0 Å². The molecule has 0 unspecified atom stereocenters. The number of carbonyl (C=O) groups is 2. The highest BCUT2D eigenvalue weighted by atomic mass is 32.1. The highest BCUT2D eigenvalue weighted by molar-refractivity contribution is 7.13. The van der Waals surface area contributed by atoms with E-state index in [1.807, 2.05) is 31.2 Å². The van der Waals surface area contributed by atoms with Gasteiger partial charge in [-0.15, -0.1) is 11.3 Å². The number of hydrogen-bond donors (Lipinski definition) is 1. The summed E-state index contributed by atoms with van der Waals surface area (Å²) in [6.07, 6.45) is 1.23. The van der Waals surface area contributed by atoms with Crippen LogP contribution in [-0.4, -0.2) is 39.5 Å². The Kier molecular flexibility index (Phi) is 3.94. The molecule has 0 bridgehead atoms. The molecule has 22 heavy (non-hydrogen) atoms. The highest BCUT2D eigenvalue weighted by Gasteiger charge is 2.35. The van der Waals surface area contributed by atoms with E-state index in [0.717, 1.165) is 22.6 Å². The summed E-state index contributed by atoms with van der Waals surface area (Å²) in [4.78, 5) is 29.5. The van der Waals surface area contributed by atoms with E-state index in [9.17, 15) is 14.7 Å². The van der Waals surface area contributed by atoms with E-state index in [0.29, 0.717) is 18.7 Å². The summed E-state index contributed by atoms with van der Waals surface area (Å²) in [5, 5.41) is 11.7. The Hall–Kier alpha value is -2.21. The summed E-state index contributed by atoms with van der Waals surface area (Å²) < 4.78 is 0. The lowest BCUT2D eigenvalue weighted by atomic mass is 10.1. The van der Waals surface area contributed by atoms with Gasteiger partial charge in [0.25, 0.3) is 5.91 Å². The Bertz CT molecular complexity index is 726. The molecule has 1 saturated heterocycles. The van der Waals surface area contributed by atoms with Gasteiger partial charge in [-0.1, -0.05) is 24.3 Å². The third-order valence-corrected chi connectivity index (χ3v) is 4.77. The molecule has 1 amide bonds. The van der Waals surface area contributed by atoms with Crippen LogP contribution in [0.1, 0.15) is 28.9 Å². The second kappa shape index (κ2) is 5.88. The number of benzene rings is 1. The maximum absolute atomic E-state index is 12.5. The van der Waals surface area contributed by atoms with Crippen LogP contribution in [0.15, 0.2) is 29.6 Å². The Morgan fingerprint density at radius 3 is 2.86 bits per heavy atom. The smallest absolute Gasteiger partial charge is 0.326 e. The molecule has 6 heteroatoms. The number of carbonyl (C=O) groups excluding carboxylic acids is 1. The SMILES string of the molecule is Cc1ccccc1-c1nc(C(=O)N2CCC[C@@H]2C(=O)O)cs1. The summed E-state index contributed by atoms with van der Waals surface area (Å²) in [7, 11) is 0. The van der Waals surface area contributed by atoms with Crippen molar-refractivity contribution in [3.05, 3.63) is 40.9 Å². The van der Waals surface area contributed by atoms with Crippen molar-refractivity contribution in [1.29, 1.82) is 0 Å². The van der Waals surface area contributed by atoms with Gasteiger partial charge in [0.05, 0.1) is 0 Å². The van der Waals surface area contributed by atoms with E-state index < -0.39 is 12.0 Å². The minimum Gasteiger partial charge on any atom is -0.480 e. The molecule has 2 aromatic rings. The van der Waals surface area contributed by atoms with Gasteiger partial charge in [-0.05, 0) is 25.3 Å². The van der Waals surface area contributed by atoms with E-state index in [1.165, 1.54) is 16.2 Å². The summed E-state index contributed by atoms with van der Waals surface area (Å²) in [6.45, 7) is 2.48. The first-order valence-corrected chi connectivity index (χ1v) is 8.01. The monoisotopic (exact) mass is 316 g/mol. The minimum atomic E-state index is -0.944. The molecule has 0 spiro atoms. The van der Waals surface area contributed by atoms with Gasteiger partial charge in [-0.25, -0.2) is 9.78 Å². The largest absolute Gasteiger partial charge is 0.480 e. The molecule has 114 valence electrons. The van der Waals surface area contributed by atoms with Gasteiger partial charge in [0, 0.05) is 17.5 Å². The molecule has 1 fully saturated rings. The number of hydrogen-bond acceptors (Lipinski definition) is 4. The van der Waals surface area contributed by atoms with E-state index in [2.05, 4.69) is 4.98 Å². The van der Waals surface area contributed by atoms with Gasteiger partial charge in [-0.3, -0.25) is 4.79 Å². The van der Waals surface area contributed by atoms with Gasteiger partial charge in [0.2, 0.25) is 0 Å². The van der Waals surface area contributed by atoms with Crippen LogP contribution in [0.4, 0.5) is 0 Å². The average Bonchev–Trinajstić information content (AvgIpc) is 3.16. The number of amides is 1. The number of nitrogens with zero attached hydrogens (tertiary/aromatic N) is 2. The first-order chi connectivity index (χ1) is 10.6. The quantitative estimate of drug-likeness (QED) is 0.945. The molecule has 0 radical (unpaired) electrons. The number of carboxylic acids is 1. The molecule has 1 N–H and O–H groups in total. The normalized spacial score (nSPS) is 17.7. The lowest BCUT2D eigenvalue weighted by Crippen LogP contribution is -2.40. The van der Waals surface area contributed by atoms with E-state index in [4.69, 9.17) is 0 Å². The number of carboxylic acid groups (broad SMARTS) is 1. The van der Waals surface area contributed by atoms with Crippen molar-refractivity contribution in [2.24, 2.45) is 0 Å². The van der Waals surface area contributed by atoms with Crippen molar-refractivity contribution in [3.63, 3.8) is 0 Å². The zero-order chi connectivity index (χ0) is 15.7. The van der Waals surface area contributed by atoms with Crippen LogP contribution < -0.4 is 0 Å². The molecule has 0 aliphatic carbocycles. The maximum atomic E-state index is 12.5. The van der Waals surface area contributed by atoms with Crippen LogP contribution >= 0.6 is 11.3 Å². The van der Waals surface area contributed by atoms with E-state index in [-0.39, 0.29) is 5.91 Å². The van der Waals surface area contributed by atoms with Crippen molar-refractivity contribution < 1.29 is 14.7 Å². The van der Waals surface area contributed by atoms with Crippen molar-refractivity contribution in [3.8, 4) is 10.6 Å². The number of aliphatic carboxylic acids is 1. The number of likely N-dealkylation sites (tertiary alicyclic amines) is 1. The second-order valence-electron chi connectivity index (χ2n) is 5.35.